The lowest BCUT2D eigenvalue weighted by Gasteiger charge is -2.29. The van der Waals surface area contributed by atoms with E-state index in [0.29, 0.717) is 25.1 Å². The second kappa shape index (κ2) is 11.5. The Hall–Kier alpha value is -4.21. The molecule has 1 atom stereocenters. The number of fused-ring (bicyclic) bond motifs is 2. The van der Waals surface area contributed by atoms with Gasteiger partial charge in [0.05, 0.1) is 18.0 Å². The first-order valence-electron chi connectivity index (χ1n) is 13.1. The van der Waals surface area contributed by atoms with Crippen molar-refractivity contribution < 1.29 is 22.7 Å². The third-order valence-electron chi connectivity index (χ3n) is 7.23. The maximum atomic E-state index is 14.1. The Bertz CT molecular complexity index is 1690. The van der Waals surface area contributed by atoms with Crippen LogP contribution in [0.3, 0.4) is 0 Å². The van der Waals surface area contributed by atoms with Gasteiger partial charge in [-0.2, -0.15) is 4.31 Å². The van der Waals surface area contributed by atoms with E-state index in [4.69, 9.17) is 0 Å². The molecule has 0 saturated carbocycles. The molecule has 5 rings (SSSR count). The molecule has 4 aromatic rings. The highest BCUT2D eigenvalue weighted by atomic mass is 32.2. The smallest absolute Gasteiger partial charge is 0.330 e. The molecular weight excluding hydrogens is 526 g/mol. The van der Waals surface area contributed by atoms with E-state index in [-0.39, 0.29) is 16.8 Å². The number of carbonyl (C=O) groups is 2. The molecule has 2 N–H and O–H groups in total. The molecule has 0 saturated heterocycles. The topological polar surface area (TPSA) is 109 Å². The number of methoxy groups -OCH3 is 1. The maximum absolute atomic E-state index is 14.1. The minimum atomic E-state index is -3.88. The minimum absolute atomic E-state index is 0.173. The highest BCUT2D eigenvalue weighted by molar-refractivity contribution is 7.89. The second-order valence-corrected chi connectivity index (χ2v) is 11.7. The van der Waals surface area contributed by atoms with Crippen LogP contribution in [-0.4, -0.2) is 43.2 Å². The summed E-state index contributed by atoms with van der Waals surface area (Å²) in [5.74, 6) is -0.656. The van der Waals surface area contributed by atoms with Gasteiger partial charge < -0.3 is 15.0 Å². The molecule has 1 aliphatic rings. The van der Waals surface area contributed by atoms with Gasteiger partial charge in [-0.05, 0) is 77.9 Å². The van der Waals surface area contributed by atoms with Crippen molar-refractivity contribution >= 4 is 44.6 Å². The summed E-state index contributed by atoms with van der Waals surface area (Å²) < 4.78 is 34.6. The Morgan fingerprint density at radius 1 is 1.10 bits per heavy atom. The zero-order valence-electron chi connectivity index (χ0n) is 22.4. The third kappa shape index (κ3) is 5.71. The molecule has 0 aliphatic heterocycles. The Morgan fingerprint density at radius 3 is 2.62 bits per heavy atom. The summed E-state index contributed by atoms with van der Waals surface area (Å²) in [4.78, 5) is 26.4. The number of nitrogens with one attached hydrogen (secondary N) is 2. The van der Waals surface area contributed by atoms with Crippen molar-refractivity contribution in [1.82, 2.24) is 9.29 Å². The summed E-state index contributed by atoms with van der Waals surface area (Å²) in [5, 5.41) is 3.76. The predicted octanol–water partition coefficient (Wildman–Crippen LogP) is 5.23. The number of sulfonamides is 1. The molecule has 0 spiro atoms. The number of para-hydroxylation sites is 1. The number of nitrogens with zero attached hydrogens (tertiary/aromatic N) is 1. The van der Waals surface area contributed by atoms with Gasteiger partial charge in [0.2, 0.25) is 15.9 Å². The minimum Gasteiger partial charge on any atom is -0.466 e. The summed E-state index contributed by atoms with van der Waals surface area (Å²) in [6, 6.07) is 19.8. The first-order valence-corrected chi connectivity index (χ1v) is 14.5. The molecule has 1 heterocycles. The number of aromatic amines is 1. The lowest BCUT2D eigenvalue weighted by molar-refractivity contribution is -0.134. The molecule has 1 aliphatic carbocycles. The quantitative estimate of drug-likeness (QED) is 0.216. The lowest BCUT2D eigenvalue weighted by atomic mass is 10.0. The Kier molecular flexibility index (Phi) is 7.86. The first-order chi connectivity index (χ1) is 19.3. The van der Waals surface area contributed by atoms with Gasteiger partial charge in [-0.15, -0.1) is 0 Å². The van der Waals surface area contributed by atoms with E-state index < -0.39 is 16.0 Å². The van der Waals surface area contributed by atoms with Gasteiger partial charge in [0.25, 0.3) is 0 Å². The Balaban J connectivity index is 1.48. The molecule has 8 nitrogen and oxygen atoms in total. The molecule has 1 amide bonds. The highest BCUT2D eigenvalue weighted by Crippen LogP contribution is 2.39. The highest BCUT2D eigenvalue weighted by Gasteiger charge is 2.36. The molecule has 40 heavy (non-hydrogen) atoms. The standard InChI is InChI=1S/C31H31N3O5S/c1-21(35)33-25-10-12-26(13-11-25)40(37,38)34(18-17-24-20-32-29-6-4-3-5-27(24)29)30-15-9-23-19-22(7-14-28(23)30)8-16-31(36)39-2/h3-8,10-14,16,19-20,30,32H,9,15,17-18H2,1-2H3,(H,33,35). The van der Waals surface area contributed by atoms with Crippen molar-refractivity contribution in [2.45, 2.75) is 37.1 Å². The second-order valence-electron chi connectivity index (χ2n) is 9.80. The predicted molar refractivity (Wildman–Crippen MR) is 155 cm³/mol. The third-order valence-corrected chi connectivity index (χ3v) is 9.15. The lowest BCUT2D eigenvalue weighted by Crippen LogP contribution is -2.35. The van der Waals surface area contributed by atoms with Crippen molar-refractivity contribution in [3.05, 3.63) is 101 Å². The van der Waals surface area contributed by atoms with Gasteiger partial charge in [-0.1, -0.05) is 36.4 Å². The number of benzene rings is 3. The van der Waals surface area contributed by atoms with Gasteiger partial charge in [0, 0.05) is 42.3 Å². The van der Waals surface area contributed by atoms with Crippen LogP contribution in [0.5, 0.6) is 0 Å². The van der Waals surface area contributed by atoms with E-state index in [2.05, 4.69) is 15.0 Å². The number of rotatable bonds is 9. The average molecular weight is 558 g/mol. The number of aryl methyl sites for hydroxylation is 1. The molecule has 3 aromatic carbocycles. The number of hydrogen-bond donors (Lipinski definition) is 2. The Labute approximate surface area is 233 Å². The summed E-state index contributed by atoms with van der Waals surface area (Å²) in [6.07, 6.45) is 6.93. The SMILES string of the molecule is COC(=O)C=Cc1ccc2c(c1)CCC2N(CCc1c[nH]c2ccccc12)S(=O)(=O)c1ccc(NC(C)=O)cc1. The van der Waals surface area contributed by atoms with Crippen molar-refractivity contribution in [3.8, 4) is 0 Å². The molecule has 1 aromatic heterocycles. The monoisotopic (exact) mass is 557 g/mol. The van der Waals surface area contributed by atoms with Crippen molar-refractivity contribution in [2.75, 3.05) is 19.0 Å². The molecule has 9 heteroatoms. The van der Waals surface area contributed by atoms with Crippen LogP contribution in [0.25, 0.3) is 17.0 Å². The average Bonchev–Trinajstić information content (AvgIpc) is 3.56. The number of aromatic nitrogens is 1. The molecule has 0 radical (unpaired) electrons. The number of esters is 1. The zero-order valence-corrected chi connectivity index (χ0v) is 23.2. The van der Waals surface area contributed by atoms with Crippen LogP contribution in [0.4, 0.5) is 5.69 Å². The van der Waals surface area contributed by atoms with Gasteiger partial charge in [-0.3, -0.25) is 4.79 Å². The zero-order chi connectivity index (χ0) is 28.3. The number of amides is 1. The largest absolute Gasteiger partial charge is 0.466 e. The van der Waals surface area contributed by atoms with Crippen molar-refractivity contribution in [1.29, 1.82) is 0 Å². The van der Waals surface area contributed by atoms with E-state index in [1.165, 1.54) is 32.2 Å². The van der Waals surface area contributed by atoms with Crippen LogP contribution in [-0.2, 0) is 37.2 Å². The van der Waals surface area contributed by atoms with E-state index in [0.717, 1.165) is 39.6 Å². The maximum Gasteiger partial charge on any atom is 0.330 e. The Morgan fingerprint density at radius 2 is 1.88 bits per heavy atom. The van der Waals surface area contributed by atoms with Gasteiger partial charge in [-0.25, -0.2) is 13.2 Å². The van der Waals surface area contributed by atoms with Gasteiger partial charge in [0.1, 0.15) is 0 Å². The molecule has 0 bridgehead atoms. The number of ether oxygens (including phenoxy) is 1. The number of anilines is 1. The van der Waals surface area contributed by atoms with Gasteiger partial charge in [0.15, 0.2) is 0 Å². The summed E-state index contributed by atoms with van der Waals surface area (Å²) in [7, 11) is -2.55. The van der Waals surface area contributed by atoms with Crippen LogP contribution < -0.4 is 5.32 Å². The van der Waals surface area contributed by atoms with E-state index in [1.54, 1.807) is 22.5 Å². The van der Waals surface area contributed by atoms with Gasteiger partial charge >= 0.3 is 5.97 Å². The first kappa shape index (κ1) is 27.4. The van der Waals surface area contributed by atoms with Crippen molar-refractivity contribution in [3.63, 3.8) is 0 Å². The van der Waals surface area contributed by atoms with Crippen LogP contribution in [0, 0.1) is 0 Å². The van der Waals surface area contributed by atoms with E-state index in [1.807, 2.05) is 48.7 Å². The number of H-pyrrole nitrogens is 1. The molecular formula is C31H31N3O5S. The fourth-order valence-corrected chi connectivity index (χ4v) is 6.95. The normalized spacial score (nSPS) is 15.0. The molecule has 0 fully saturated rings. The fraction of sp³-hybridized carbons (Fsp3) is 0.226. The summed E-state index contributed by atoms with van der Waals surface area (Å²) in [5.41, 5.74) is 5.48. The van der Waals surface area contributed by atoms with E-state index >= 15 is 0 Å². The molecule has 1 unspecified atom stereocenters. The number of carbonyl (C=O) groups excluding carboxylic acids is 2. The van der Waals surface area contributed by atoms with Crippen LogP contribution in [0.2, 0.25) is 0 Å². The van der Waals surface area contributed by atoms with Crippen LogP contribution >= 0.6 is 0 Å². The van der Waals surface area contributed by atoms with E-state index in [9.17, 15) is 18.0 Å². The summed E-state index contributed by atoms with van der Waals surface area (Å²) in [6.45, 7) is 1.71. The fourth-order valence-electron chi connectivity index (χ4n) is 5.31. The van der Waals surface area contributed by atoms with Crippen LogP contribution in [0.15, 0.2) is 83.9 Å². The summed E-state index contributed by atoms with van der Waals surface area (Å²) >= 11 is 0. The number of hydrogen-bond acceptors (Lipinski definition) is 5. The van der Waals surface area contributed by atoms with Crippen LogP contribution in [0.1, 0.15) is 41.6 Å². The molecule has 206 valence electrons. The van der Waals surface area contributed by atoms with Crippen molar-refractivity contribution in [2.24, 2.45) is 0 Å².